The second-order valence-electron chi connectivity index (χ2n) is 3.62. The first-order valence-electron chi connectivity index (χ1n) is 4.52. The largest absolute Gasteiger partial charge is 0.481 e. The molecule has 0 aromatic carbocycles. The predicted octanol–water partition coefficient (Wildman–Crippen LogP) is 0.372. The number of likely N-dealkylation sites (N-methyl/N-ethyl adjacent to an activating group) is 1. The van der Waals surface area contributed by atoms with Crippen molar-refractivity contribution in [2.45, 2.75) is 19.3 Å². The third-order valence-electron chi connectivity index (χ3n) is 2.45. The zero-order valence-corrected chi connectivity index (χ0v) is 7.82. The minimum absolute atomic E-state index is 0.0210. The summed E-state index contributed by atoms with van der Waals surface area (Å²) in [5.74, 6) is -0.644. The summed E-state index contributed by atoms with van der Waals surface area (Å²) in [5.41, 5.74) is 0. The molecule has 1 rings (SSSR count). The number of hydrogen-bond donors (Lipinski definition) is 1. The molecule has 1 heterocycles. The highest BCUT2D eigenvalue weighted by atomic mass is 16.4. The summed E-state index contributed by atoms with van der Waals surface area (Å²) in [6, 6.07) is 0. The van der Waals surface area contributed by atoms with Crippen LogP contribution in [0.2, 0.25) is 0 Å². The van der Waals surface area contributed by atoms with Gasteiger partial charge in [-0.2, -0.15) is 0 Å². The number of likely N-dealkylation sites (tertiary alicyclic amines) is 1. The lowest BCUT2D eigenvalue weighted by atomic mass is 9.91. The molecule has 1 aliphatic heterocycles. The number of carboxylic acids is 1. The van der Waals surface area contributed by atoms with Crippen molar-refractivity contribution < 1.29 is 14.7 Å². The lowest BCUT2D eigenvalue weighted by molar-refractivity contribution is -0.137. The Bertz CT molecular complexity index is 215. The zero-order valence-electron chi connectivity index (χ0n) is 7.82. The summed E-state index contributed by atoms with van der Waals surface area (Å²) < 4.78 is 0. The van der Waals surface area contributed by atoms with Crippen molar-refractivity contribution in [2.75, 3.05) is 20.1 Å². The SMILES string of the molecule is CN1CCC(CCC(=O)O)C(=O)C1. The molecule has 1 aliphatic rings. The molecule has 0 saturated carbocycles. The summed E-state index contributed by atoms with van der Waals surface area (Å²) in [7, 11) is 1.91. The first-order valence-corrected chi connectivity index (χ1v) is 4.52. The Kier molecular flexibility index (Phi) is 3.42. The fourth-order valence-electron chi connectivity index (χ4n) is 1.61. The Morgan fingerprint density at radius 1 is 1.69 bits per heavy atom. The topological polar surface area (TPSA) is 57.6 Å². The minimum atomic E-state index is -0.813. The second kappa shape index (κ2) is 4.37. The van der Waals surface area contributed by atoms with Crippen LogP contribution in [0.3, 0.4) is 0 Å². The van der Waals surface area contributed by atoms with E-state index in [0.717, 1.165) is 13.0 Å². The molecular formula is C9H15NO3. The Morgan fingerprint density at radius 2 is 2.38 bits per heavy atom. The van der Waals surface area contributed by atoms with Gasteiger partial charge in [0.25, 0.3) is 0 Å². The van der Waals surface area contributed by atoms with Crippen molar-refractivity contribution in [3.63, 3.8) is 0 Å². The van der Waals surface area contributed by atoms with Crippen molar-refractivity contribution in [2.24, 2.45) is 5.92 Å². The van der Waals surface area contributed by atoms with Crippen LogP contribution in [0.25, 0.3) is 0 Å². The van der Waals surface area contributed by atoms with Crippen LogP contribution in [0.4, 0.5) is 0 Å². The van der Waals surface area contributed by atoms with Gasteiger partial charge in [0.05, 0.1) is 6.54 Å². The van der Waals surface area contributed by atoms with Gasteiger partial charge in [0.1, 0.15) is 5.78 Å². The molecule has 0 amide bonds. The molecule has 1 atom stereocenters. The second-order valence-corrected chi connectivity index (χ2v) is 3.62. The summed E-state index contributed by atoms with van der Waals surface area (Å²) in [5, 5.41) is 8.46. The smallest absolute Gasteiger partial charge is 0.303 e. The Labute approximate surface area is 77.5 Å². The highest BCUT2D eigenvalue weighted by molar-refractivity contribution is 5.84. The lowest BCUT2D eigenvalue weighted by Gasteiger charge is -2.27. The van der Waals surface area contributed by atoms with Gasteiger partial charge in [-0.25, -0.2) is 0 Å². The van der Waals surface area contributed by atoms with Crippen LogP contribution in [-0.4, -0.2) is 41.9 Å². The Balaban J connectivity index is 2.34. The van der Waals surface area contributed by atoms with Crippen LogP contribution < -0.4 is 0 Å². The number of piperidine rings is 1. The van der Waals surface area contributed by atoms with Crippen molar-refractivity contribution >= 4 is 11.8 Å². The number of carbonyl (C=O) groups excluding carboxylic acids is 1. The molecular weight excluding hydrogens is 170 g/mol. The zero-order chi connectivity index (χ0) is 9.84. The number of Topliss-reactive ketones (excluding diaryl/α,β-unsaturated/α-hetero) is 1. The molecule has 1 fully saturated rings. The Morgan fingerprint density at radius 3 is 2.92 bits per heavy atom. The normalized spacial score (nSPS) is 24.7. The summed E-state index contributed by atoms with van der Waals surface area (Å²) >= 11 is 0. The highest BCUT2D eigenvalue weighted by Gasteiger charge is 2.25. The van der Waals surface area contributed by atoms with Crippen LogP contribution in [0.5, 0.6) is 0 Å². The third kappa shape index (κ3) is 3.14. The number of aliphatic carboxylic acids is 1. The monoisotopic (exact) mass is 185 g/mol. The van der Waals surface area contributed by atoms with Crippen LogP contribution in [0.1, 0.15) is 19.3 Å². The highest BCUT2D eigenvalue weighted by Crippen LogP contribution is 2.17. The standard InChI is InChI=1S/C9H15NO3/c1-10-5-4-7(8(11)6-10)2-3-9(12)13/h7H,2-6H2,1H3,(H,12,13). The van der Waals surface area contributed by atoms with Crippen molar-refractivity contribution in [3.05, 3.63) is 0 Å². The molecule has 0 aromatic heterocycles. The molecule has 4 heteroatoms. The molecule has 0 aliphatic carbocycles. The summed E-state index contributed by atoms with van der Waals surface area (Å²) in [6.07, 6.45) is 1.42. The first kappa shape index (κ1) is 10.2. The van der Waals surface area contributed by atoms with Crippen LogP contribution in [0, 0.1) is 5.92 Å². The van der Waals surface area contributed by atoms with Gasteiger partial charge in [-0.15, -0.1) is 0 Å². The quantitative estimate of drug-likeness (QED) is 0.690. The molecule has 1 saturated heterocycles. The maximum absolute atomic E-state index is 11.4. The number of rotatable bonds is 3. The molecule has 1 N–H and O–H groups in total. The van der Waals surface area contributed by atoms with E-state index in [1.54, 1.807) is 0 Å². The maximum Gasteiger partial charge on any atom is 0.303 e. The molecule has 0 radical (unpaired) electrons. The first-order chi connectivity index (χ1) is 6.09. The van der Waals surface area contributed by atoms with E-state index in [1.165, 1.54) is 0 Å². The van der Waals surface area contributed by atoms with Crippen LogP contribution in [0.15, 0.2) is 0 Å². The summed E-state index contributed by atoms with van der Waals surface area (Å²) in [6.45, 7) is 1.38. The predicted molar refractivity (Wildman–Crippen MR) is 47.5 cm³/mol. The van der Waals surface area contributed by atoms with E-state index < -0.39 is 5.97 Å². The van der Waals surface area contributed by atoms with Gasteiger partial charge < -0.3 is 5.11 Å². The van der Waals surface area contributed by atoms with Crippen molar-refractivity contribution in [3.8, 4) is 0 Å². The number of ketones is 1. The third-order valence-corrected chi connectivity index (χ3v) is 2.45. The minimum Gasteiger partial charge on any atom is -0.481 e. The number of hydrogen-bond acceptors (Lipinski definition) is 3. The van der Waals surface area contributed by atoms with Gasteiger partial charge in [-0.1, -0.05) is 0 Å². The van der Waals surface area contributed by atoms with Gasteiger partial charge in [0, 0.05) is 12.3 Å². The van der Waals surface area contributed by atoms with Gasteiger partial charge in [0.15, 0.2) is 0 Å². The maximum atomic E-state index is 11.4. The molecule has 4 nitrogen and oxygen atoms in total. The molecule has 0 spiro atoms. The van der Waals surface area contributed by atoms with Crippen molar-refractivity contribution in [1.82, 2.24) is 4.90 Å². The molecule has 74 valence electrons. The van der Waals surface area contributed by atoms with Gasteiger partial charge in [-0.05, 0) is 26.4 Å². The van der Waals surface area contributed by atoms with Crippen LogP contribution >= 0.6 is 0 Å². The van der Waals surface area contributed by atoms with Crippen molar-refractivity contribution in [1.29, 1.82) is 0 Å². The van der Waals surface area contributed by atoms with Gasteiger partial charge in [0.2, 0.25) is 0 Å². The Hall–Kier alpha value is -0.900. The summed E-state index contributed by atoms with van der Waals surface area (Å²) in [4.78, 5) is 23.6. The van der Waals surface area contributed by atoms with Gasteiger partial charge in [-0.3, -0.25) is 14.5 Å². The average Bonchev–Trinajstić information content (AvgIpc) is 2.02. The number of carbonyl (C=O) groups is 2. The van der Waals surface area contributed by atoms with E-state index >= 15 is 0 Å². The molecule has 0 bridgehead atoms. The average molecular weight is 185 g/mol. The van der Waals surface area contributed by atoms with E-state index in [0.29, 0.717) is 13.0 Å². The fraction of sp³-hybridized carbons (Fsp3) is 0.778. The fourth-order valence-corrected chi connectivity index (χ4v) is 1.61. The van der Waals surface area contributed by atoms with E-state index in [1.807, 2.05) is 11.9 Å². The van der Waals surface area contributed by atoms with E-state index in [4.69, 9.17) is 5.11 Å². The molecule has 13 heavy (non-hydrogen) atoms. The van der Waals surface area contributed by atoms with E-state index in [2.05, 4.69) is 0 Å². The van der Waals surface area contributed by atoms with E-state index in [-0.39, 0.29) is 18.1 Å². The number of nitrogens with zero attached hydrogens (tertiary/aromatic N) is 1. The van der Waals surface area contributed by atoms with Gasteiger partial charge >= 0.3 is 5.97 Å². The van der Waals surface area contributed by atoms with E-state index in [9.17, 15) is 9.59 Å². The molecule has 1 unspecified atom stereocenters. The van der Waals surface area contributed by atoms with Crippen LogP contribution in [-0.2, 0) is 9.59 Å². The number of carboxylic acid groups (broad SMARTS) is 1. The molecule has 0 aromatic rings. The lowest BCUT2D eigenvalue weighted by Crippen LogP contribution is -2.38.